The third-order valence-electron chi connectivity index (χ3n) is 4.73. The van der Waals surface area contributed by atoms with Crippen molar-refractivity contribution in [1.29, 1.82) is 0 Å². The summed E-state index contributed by atoms with van der Waals surface area (Å²) >= 11 is 0. The number of carbonyl (C=O) groups excluding carboxylic acids is 2. The SMILES string of the molecule is O=C1CCCC1C1CCCCN1C(=O)c1ccccc1F. The number of benzene rings is 1. The minimum absolute atomic E-state index is 0.0407. The highest BCUT2D eigenvalue weighted by atomic mass is 19.1. The molecule has 2 atom stereocenters. The van der Waals surface area contributed by atoms with Crippen molar-refractivity contribution in [1.82, 2.24) is 4.90 Å². The standard InChI is InChI=1S/C17H20FNO2/c18-14-8-2-1-6-12(14)17(21)19-11-4-3-9-15(19)13-7-5-10-16(13)20/h1-2,6,8,13,15H,3-5,7,9-11H2. The van der Waals surface area contributed by atoms with Crippen molar-refractivity contribution < 1.29 is 14.0 Å². The Hall–Kier alpha value is -1.71. The maximum Gasteiger partial charge on any atom is 0.257 e. The largest absolute Gasteiger partial charge is 0.335 e. The molecular formula is C17H20FNO2. The quantitative estimate of drug-likeness (QED) is 0.838. The van der Waals surface area contributed by atoms with Crippen molar-refractivity contribution in [2.75, 3.05) is 6.54 Å². The van der Waals surface area contributed by atoms with Gasteiger partial charge in [-0.3, -0.25) is 9.59 Å². The Labute approximate surface area is 124 Å². The number of hydrogen-bond acceptors (Lipinski definition) is 2. The molecule has 4 heteroatoms. The van der Waals surface area contributed by atoms with E-state index in [2.05, 4.69) is 0 Å². The molecule has 1 aromatic rings. The van der Waals surface area contributed by atoms with Crippen molar-refractivity contribution in [3.05, 3.63) is 35.6 Å². The Morgan fingerprint density at radius 1 is 1.14 bits per heavy atom. The molecule has 2 aliphatic rings. The first kappa shape index (κ1) is 14.2. The van der Waals surface area contributed by atoms with Gasteiger partial charge in [0.15, 0.2) is 0 Å². The summed E-state index contributed by atoms with van der Waals surface area (Å²) in [5, 5.41) is 0. The molecule has 1 aromatic carbocycles. The lowest BCUT2D eigenvalue weighted by Crippen LogP contribution is -2.48. The minimum Gasteiger partial charge on any atom is -0.335 e. The number of rotatable bonds is 2. The number of piperidine rings is 1. The summed E-state index contributed by atoms with van der Waals surface area (Å²) in [5.41, 5.74) is 0.120. The van der Waals surface area contributed by atoms with Gasteiger partial charge in [0.1, 0.15) is 11.6 Å². The number of halogens is 1. The second-order valence-electron chi connectivity index (χ2n) is 6.01. The molecule has 1 aliphatic carbocycles. The fourth-order valence-corrected chi connectivity index (χ4v) is 3.67. The van der Waals surface area contributed by atoms with Crippen LogP contribution in [0.3, 0.4) is 0 Å². The average molecular weight is 289 g/mol. The van der Waals surface area contributed by atoms with Crippen LogP contribution in [-0.2, 0) is 4.79 Å². The Bertz CT molecular complexity index is 557. The van der Waals surface area contributed by atoms with Gasteiger partial charge in [0.2, 0.25) is 0 Å². The lowest BCUT2D eigenvalue weighted by Gasteiger charge is -2.38. The predicted molar refractivity (Wildman–Crippen MR) is 77.4 cm³/mol. The van der Waals surface area contributed by atoms with Crippen molar-refractivity contribution in [2.45, 2.75) is 44.6 Å². The van der Waals surface area contributed by atoms with Crippen LogP contribution in [-0.4, -0.2) is 29.2 Å². The van der Waals surface area contributed by atoms with Gasteiger partial charge in [-0.15, -0.1) is 0 Å². The van der Waals surface area contributed by atoms with Gasteiger partial charge in [-0.1, -0.05) is 12.1 Å². The van der Waals surface area contributed by atoms with Crippen LogP contribution in [0.5, 0.6) is 0 Å². The highest BCUT2D eigenvalue weighted by molar-refractivity contribution is 5.95. The molecule has 0 aromatic heterocycles. The lowest BCUT2D eigenvalue weighted by molar-refractivity contribution is -0.122. The third-order valence-corrected chi connectivity index (χ3v) is 4.73. The van der Waals surface area contributed by atoms with Crippen molar-refractivity contribution in [3.63, 3.8) is 0 Å². The van der Waals surface area contributed by atoms with Crippen LogP contribution in [0, 0.1) is 11.7 Å². The monoisotopic (exact) mass is 289 g/mol. The van der Waals surface area contributed by atoms with Gasteiger partial charge >= 0.3 is 0 Å². The summed E-state index contributed by atoms with van der Waals surface area (Å²) < 4.78 is 13.9. The molecule has 1 saturated carbocycles. The Morgan fingerprint density at radius 2 is 1.95 bits per heavy atom. The second-order valence-corrected chi connectivity index (χ2v) is 6.01. The van der Waals surface area contributed by atoms with Crippen LogP contribution in [0.25, 0.3) is 0 Å². The van der Waals surface area contributed by atoms with Gasteiger partial charge in [-0.25, -0.2) is 4.39 Å². The van der Waals surface area contributed by atoms with Gasteiger partial charge in [0, 0.05) is 24.9 Å². The first-order chi connectivity index (χ1) is 10.2. The van der Waals surface area contributed by atoms with E-state index >= 15 is 0 Å². The molecule has 3 rings (SSSR count). The molecule has 1 amide bonds. The van der Waals surface area contributed by atoms with Gasteiger partial charge in [-0.05, 0) is 44.2 Å². The maximum absolute atomic E-state index is 13.9. The van der Waals surface area contributed by atoms with Crippen LogP contribution >= 0.6 is 0 Å². The summed E-state index contributed by atoms with van der Waals surface area (Å²) in [6.07, 6.45) is 5.23. The van der Waals surface area contributed by atoms with Crippen LogP contribution in [0.4, 0.5) is 4.39 Å². The lowest BCUT2D eigenvalue weighted by atomic mass is 9.88. The molecule has 112 valence electrons. The van der Waals surface area contributed by atoms with E-state index in [0.717, 1.165) is 32.1 Å². The molecule has 0 spiro atoms. The topological polar surface area (TPSA) is 37.4 Å². The van der Waals surface area contributed by atoms with Crippen molar-refractivity contribution >= 4 is 11.7 Å². The van der Waals surface area contributed by atoms with Crippen LogP contribution in [0.1, 0.15) is 48.9 Å². The fourth-order valence-electron chi connectivity index (χ4n) is 3.67. The molecule has 2 fully saturated rings. The fraction of sp³-hybridized carbons (Fsp3) is 0.529. The summed E-state index contributed by atoms with van der Waals surface area (Å²) in [6, 6.07) is 6.06. The van der Waals surface area contributed by atoms with Crippen molar-refractivity contribution in [3.8, 4) is 0 Å². The molecule has 21 heavy (non-hydrogen) atoms. The highest BCUT2D eigenvalue weighted by Crippen LogP contribution is 2.33. The van der Waals surface area contributed by atoms with E-state index in [1.54, 1.807) is 17.0 Å². The number of ketones is 1. The first-order valence-electron chi connectivity index (χ1n) is 7.76. The molecule has 1 heterocycles. The summed E-state index contributed by atoms with van der Waals surface area (Å²) in [5.74, 6) is -0.517. The summed E-state index contributed by atoms with van der Waals surface area (Å²) in [6.45, 7) is 0.627. The van der Waals surface area contributed by atoms with Gasteiger partial charge in [-0.2, -0.15) is 0 Å². The highest BCUT2D eigenvalue weighted by Gasteiger charge is 2.39. The van der Waals surface area contributed by atoms with Crippen LogP contribution in [0.15, 0.2) is 24.3 Å². The Kier molecular flexibility index (Phi) is 4.04. The molecule has 0 bridgehead atoms. The smallest absolute Gasteiger partial charge is 0.257 e. The molecule has 1 saturated heterocycles. The number of carbonyl (C=O) groups is 2. The third kappa shape index (κ3) is 2.71. The number of Topliss-reactive ketones (excluding diaryl/α,β-unsaturated/α-hetero) is 1. The predicted octanol–water partition coefficient (Wildman–Crippen LogP) is 3.19. The number of likely N-dealkylation sites (tertiary alicyclic amines) is 1. The van der Waals surface area contributed by atoms with Gasteiger partial charge in [0.05, 0.1) is 5.56 Å². The van der Waals surface area contributed by atoms with E-state index in [9.17, 15) is 14.0 Å². The van der Waals surface area contributed by atoms with E-state index in [0.29, 0.717) is 13.0 Å². The second kappa shape index (κ2) is 5.96. The average Bonchev–Trinajstić information content (AvgIpc) is 2.93. The minimum atomic E-state index is -0.482. The van der Waals surface area contributed by atoms with Crippen LogP contribution < -0.4 is 0 Å². The Morgan fingerprint density at radius 3 is 2.67 bits per heavy atom. The molecule has 3 nitrogen and oxygen atoms in total. The zero-order valence-electron chi connectivity index (χ0n) is 12.1. The zero-order chi connectivity index (χ0) is 14.8. The molecule has 1 aliphatic heterocycles. The molecule has 0 N–H and O–H groups in total. The number of amides is 1. The number of nitrogens with zero attached hydrogens (tertiary/aromatic N) is 1. The van der Waals surface area contributed by atoms with E-state index in [1.807, 2.05) is 0 Å². The van der Waals surface area contributed by atoms with Crippen molar-refractivity contribution in [2.24, 2.45) is 5.92 Å². The normalized spacial score (nSPS) is 26.1. The molecule has 0 radical (unpaired) electrons. The van der Waals surface area contributed by atoms with Gasteiger partial charge < -0.3 is 4.90 Å². The Balaban J connectivity index is 1.86. The van der Waals surface area contributed by atoms with E-state index in [4.69, 9.17) is 0 Å². The van der Waals surface area contributed by atoms with E-state index in [1.165, 1.54) is 12.1 Å². The van der Waals surface area contributed by atoms with Gasteiger partial charge in [0.25, 0.3) is 5.91 Å². The van der Waals surface area contributed by atoms with E-state index < -0.39 is 5.82 Å². The molecular weight excluding hydrogens is 269 g/mol. The summed E-state index contributed by atoms with van der Waals surface area (Å²) in [7, 11) is 0. The van der Waals surface area contributed by atoms with E-state index in [-0.39, 0.29) is 29.2 Å². The van der Waals surface area contributed by atoms with Crippen LogP contribution in [0.2, 0.25) is 0 Å². The zero-order valence-corrected chi connectivity index (χ0v) is 12.1. The molecule has 2 unspecified atom stereocenters. The maximum atomic E-state index is 13.9. The first-order valence-corrected chi connectivity index (χ1v) is 7.76. The number of hydrogen-bond donors (Lipinski definition) is 0. The summed E-state index contributed by atoms with van der Waals surface area (Å²) in [4.78, 5) is 26.4.